The van der Waals surface area contributed by atoms with Gasteiger partial charge in [0.15, 0.2) is 12.2 Å². The van der Waals surface area contributed by atoms with Gasteiger partial charge in [-0.3, -0.25) is 4.98 Å². The number of nitrogens with zero attached hydrogens (tertiary/aromatic N) is 1. The van der Waals surface area contributed by atoms with Crippen LogP contribution in [-0.4, -0.2) is 35.2 Å². The molecule has 1 aliphatic heterocycles. The fourth-order valence-corrected chi connectivity index (χ4v) is 1.51. The monoisotopic (exact) mass is 223 g/mol. The van der Waals surface area contributed by atoms with E-state index in [9.17, 15) is 14.7 Å². The van der Waals surface area contributed by atoms with E-state index >= 15 is 0 Å². The van der Waals surface area contributed by atoms with E-state index in [1.165, 1.54) is 12.3 Å². The third-order valence-electron chi connectivity index (χ3n) is 2.29. The Labute approximate surface area is 90.8 Å². The van der Waals surface area contributed by atoms with Crippen LogP contribution < -0.4 is 0 Å². The first kappa shape index (κ1) is 10.6. The van der Waals surface area contributed by atoms with E-state index in [4.69, 9.17) is 4.74 Å². The molecule has 84 valence electrons. The van der Waals surface area contributed by atoms with Crippen molar-refractivity contribution in [3.63, 3.8) is 0 Å². The number of carbonyl (C=O) groups excluding carboxylic acids is 2. The molecule has 0 unspecified atom stereocenters. The summed E-state index contributed by atoms with van der Waals surface area (Å²) in [5.74, 6) is -1.47. The predicted molar refractivity (Wildman–Crippen MR) is 50.4 cm³/mol. The quantitative estimate of drug-likeness (QED) is 0.700. The molecule has 6 nitrogen and oxygen atoms in total. The molecule has 0 radical (unpaired) electrons. The Balaban J connectivity index is 2.34. The van der Waals surface area contributed by atoms with Gasteiger partial charge in [0.05, 0.1) is 18.4 Å². The molecular weight excluding hydrogens is 214 g/mol. The summed E-state index contributed by atoms with van der Waals surface area (Å²) in [4.78, 5) is 26.4. The highest BCUT2D eigenvalue weighted by Gasteiger charge is 2.40. The van der Waals surface area contributed by atoms with Crippen molar-refractivity contribution in [3.8, 4) is 0 Å². The highest BCUT2D eigenvalue weighted by atomic mass is 16.6. The smallest absolute Gasteiger partial charge is 0.340 e. The van der Waals surface area contributed by atoms with Crippen LogP contribution in [0.4, 0.5) is 0 Å². The van der Waals surface area contributed by atoms with Crippen LogP contribution in [0.25, 0.3) is 0 Å². The Bertz CT molecular complexity index is 445. The number of cyclic esters (lactones) is 1. The molecule has 2 heterocycles. The summed E-state index contributed by atoms with van der Waals surface area (Å²) >= 11 is 0. The van der Waals surface area contributed by atoms with E-state index < -0.39 is 24.1 Å². The SMILES string of the molecule is COC(=O)[C@H](O)[C@@H]1OC(=O)c2cccnc21. The van der Waals surface area contributed by atoms with Crippen LogP contribution in [0, 0.1) is 0 Å². The van der Waals surface area contributed by atoms with E-state index in [1.54, 1.807) is 6.07 Å². The molecule has 16 heavy (non-hydrogen) atoms. The van der Waals surface area contributed by atoms with Crippen molar-refractivity contribution in [2.45, 2.75) is 12.2 Å². The number of ether oxygens (including phenoxy) is 2. The van der Waals surface area contributed by atoms with Gasteiger partial charge in [-0.05, 0) is 12.1 Å². The lowest BCUT2D eigenvalue weighted by Crippen LogP contribution is -2.29. The van der Waals surface area contributed by atoms with Crippen LogP contribution in [0.15, 0.2) is 18.3 Å². The number of esters is 2. The number of carbonyl (C=O) groups is 2. The fraction of sp³-hybridized carbons (Fsp3) is 0.300. The molecule has 0 saturated heterocycles. The van der Waals surface area contributed by atoms with Crippen molar-refractivity contribution >= 4 is 11.9 Å². The number of pyridine rings is 1. The van der Waals surface area contributed by atoms with Crippen molar-refractivity contribution in [3.05, 3.63) is 29.6 Å². The van der Waals surface area contributed by atoms with Crippen molar-refractivity contribution < 1.29 is 24.2 Å². The second kappa shape index (κ2) is 3.90. The zero-order valence-corrected chi connectivity index (χ0v) is 8.41. The fourth-order valence-electron chi connectivity index (χ4n) is 1.51. The van der Waals surface area contributed by atoms with Crippen LogP contribution in [0.5, 0.6) is 0 Å². The summed E-state index contributed by atoms with van der Waals surface area (Å²) in [6.07, 6.45) is -1.18. The van der Waals surface area contributed by atoms with Gasteiger partial charge >= 0.3 is 11.9 Å². The first-order valence-corrected chi connectivity index (χ1v) is 4.57. The molecule has 0 spiro atoms. The first-order valence-electron chi connectivity index (χ1n) is 4.57. The Hall–Kier alpha value is -1.95. The summed E-state index contributed by atoms with van der Waals surface area (Å²) in [6.45, 7) is 0. The minimum Gasteiger partial charge on any atom is -0.467 e. The zero-order valence-electron chi connectivity index (χ0n) is 8.41. The van der Waals surface area contributed by atoms with Crippen molar-refractivity contribution in [2.24, 2.45) is 0 Å². The molecule has 2 atom stereocenters. The summed E-state index contributed by atoms with van der Waals surface area (Å²) in [6, 6.07) is 3.10. The number of methoxy groups -OCH3 is 1. The Morgan fingerprint density at radius 3 is 3.12 bits per heavy atom. The van der Waals surface area contributed by atoms with Crippen LogP contribution >= 0.6 is 0 Å². The average molecular weight is 223 g/mol. The first-order chi connectivity index (χ1) is 7.65. The predicted octanol–water partition coefficient (Wildman–Crippen LogP) is -0.173. The maximum Gasteiger partial charge on any atom is 0.340 e. The number of aliphatic hydroxyl groups excluding tert-OH is 1. The number of hydrogen-bond acceptors (Lipinski definition) is 6. The van der Waals surface area contributed by atoms with Gasteiger partial charge in [0, 0.05) is 6.20 Å². The minimum absolute atomic E-state index is 0.255. The molecule has 2 rings (SSSR count). The second-order valence-corrected chi connectivity index (χ2v) is 3.23. The minimum atomic E-state index is -1.55. The largest absolute Gasteiger partial charge is 0.467 e. The Kier molecular flexibility index (Phi) is 2.57. The van der Waals surface area contributed by atoms with Gasteiger partial charge in [0.25, 0.3) is 0 Å². The van der Waals surface area contributed by atoms with E-state index in [1.807, 2.05) is 0 Å². The topological polar surface area (TPSA) is 85.7 Å². The van der Waals surface area contributed by atoms with Crippen LogP contribution in [-0.2, 0) is 14.3 Å². The standard InChI is InChI=1S/C10H9NO5/c1-15-10(14)7(12)8-6-5(9(13)16-8)3-2-4-11-6/h2-4,7-8,12H,1H3/t7-,8-/m1/s1. The van der Waals surface area contributed by atoms with Crippen LogP contribution in [0.3, 0.4) is 0 Å². The van der Waals surface area contributed by atoms with E-state index in [2.05, 4.69) is 9.72 Å². The lowest BCUT2D eigenvalue weighted by atomic mass is 10.1. The lowest BCUT2D eigenvalue weighted by molar-refractivity contribution is -0.156. The second-order valence-electron chi connectivity index (χ2n) is 3.23. The highest BCUT2D eigenvalue weighted by molar-refractivity contribution is 5.94. The van der Waals surface area contributed by atoms with Gasteiger partial charge in [-0.15, -0.1) is 0 Å². The normalized spacial score (nSPS) is 19.9. The molecule has 0 saturated carbocycles. The maximum atomic E-state index is 11.4. The van der Waals surface area contributed by atoms with Gasteiger partial charge < -0.3 is 14.6 Å². The third-order valence-corrected chi connectivity index (χ3v) is 2.29. The maximum absolute atomic E-state index is 11.4. The highest BCUT2D eigenvalue weighted by Crippen LogP contribution is 2.31. The Morgan fingerprint density at radius 1 is 1.69 bits per heavy atom. The third kappa shape index (κ3) is 1.53. The molecular formula is C10H9NO5. The van der Waals surface area contributed by atoms with Crippen molar-refractivity contribution in [2.75, 3.05) is 7.11 Å². The molecule has 0 aliphatic carbocycles. The molecule has 1 aliphatic rings. The molecule has 6 heteroatoms. The molecule has 1 aromatic heterocycles. The van der Waals surface area contributed by atoms with Crippen molar-refractivity contribution in [1.82, 2.24) is 4.98 Å². The van der Waals surface area contributed by atoms with E-state index in [0.29, 0.717) is 0 Å². The van der Waals surface area contributed by atoms with Crippen LogP contribution in [0.1, 0.15) is 22.2 Å². The summed E-state index contributed by atoms with van der Waals surface area (Å²) in [7, 11) is 1.14. The lowest BCUT2D eigenvalue weighted by Gasteiger charge is -2.14. The van der Waals surface area contributed by atoms with Gasteiger partial charge in [-0.25, -0.2) is 9.59 Å². The zero-order chi connectivity index (χ0) is 11.7. The number of aliphatic hydroxyl groups is 1. The molecule has 1 aromatic rings. The average Bonchev–Trinajstić information content (AvgIpc) is 2.65. The van der Waals surface area contributed by atoms with Gasteiger partial charge in [0.1, 0.15) is 0 Å². The molecule has 0 aromatic carbocycles. The summed E-state index contributed by atoms with van der Waals surface area (Å²) < 4.78 is 9.23. The number of hydrogen-bond donors (Lipinski definition) is 1. The number of fused-ring (bicyclic) bond motifs is 1. The molecule has 0 fully saturated rings. The van der Waals surface area contributed by atoms with Gasteiger partial charge in [-0.2, -0.15) is 0 Å². The van der Waals surface area contributed by atoms with Crippen molar-refractivity contribution in [1.29, 1.82) is 0 Å². The van der Waals surface area contributed by atoms with E-state index in [-0.39, 0.29) is 11.3 Å². The Morgan fingerprint density at radius 2 is 2.44 bits per heavy atom. The molecule has 1 N–H and O–H groups in total. The summed E-state index contributed by atoms with van der Waals surface area (Å²) in [5.41, 5.74) is 0.515. The van der Waals surface area contributed by atoms with Gasteiger partial charge in [-0.1, -0.05) is 0 Å². The number of aromatic nitrogens is 1. The van der Waals surface area contributed by atoms with Crippen LogP contribution in [0.2, 0.25) is 0 Å². The molecule has 0 amide bonds. The summed E-state index contributed by atoms with van der Waals surface area (Å²) in [5, 5.41) is 9.59. The number of rotatable bonds is 2. The van der Waals surface area contributed by atoms with Gasteiger partial charge in [0.2, 0.25) is 0 Å². The molecule has 0 bridgehead atoms. The van der Waals surface area contributed by atoms with E-state index in [0.717, 1.165) is 7.11 Å².